The number of fused-ring (bicyclic) bond motifs is 1. The second kappa shape index (κ2) is 5.93. The largest absolute Gasteiger partial charge is 0.490 e. The lowest BCUT2D eigenvalue weighted by atomic mass is 10.1. The third-order valence-electron chi connectivity index (χ3n) is 3.80. The molecule has 0 radical (unpaired) electrons. The molecule has 6 nitrogen and oxygen atoms in total. The molecule has 1 aliphatic heterocycles. The van der Waals surface area contributed by atoms with Gasteiger partial charge in [0.2, 0.25) is 0 Å². The molecular formula is C16H17N3O3. The normalized spacial score (nSPS) is 13.8. The van der Waals surface area contributed by atoms with Crippen molar-refractivity contribution in [2.45, 2.75) is 6.54 Å². The monoisotopic (exact) mass is 299 g/mol. The van der Waals surface area contributed by atoms with Gasteiger partial charge in [0, 0.05) is 43.1 Å². The standard InChI is InChI=1S/C16H17N3O3/c1-22-16-10-13(6-7-15(16)19(20)21)18-9-8-17-14-5-3-2-4-12(14)11-18/h2-7,10,17H,8-9,11H2,1H3. The summed E-state index contributed by atoms with van der Waals surface area (Å²) in [5.41, 5.74) is 3.25. The number of rotatable bonds is 3. The van der Waals surface area contributed by atoms with Gasteiger partial charge in [-0.05, 0) is 17.7 Å². The molecule has 114 valence electrons. The van der Waals surface area contributed by atoms with E-state index >= 15 is 0 Å². The van der Waals surface area contributed by atoms with Crippen LogP contribution in [0.3, 0.4) is 0 Å². The van der Waals surface area contributed by atoms with Crippen molar-refractivity contribution in [3.05, 3.63) is 58.1 Å². The molecular weight excluding hydrogens is 282 g/mol. The van der Waals surface area contributed by atoms with Crippen molar-refractivity contribution in [2.24, 2.45) is 0 Å². The molecule has 1 N–H and O–H groups in total. The first-order valence-corrected chi connectivity index (χ1v) is 7.08. The smallest absolute Gasteiger partial charge is 0.311 e. The minimum Gasteiger partial charge on any atom is -0.490 e. The van der Waals surface area contributed by atoms with Gasteiger partial charge in [0.25, 0.3) is 0 Å². The topological polar surface area (TPSA) is 67.6 Å². The van der Waals surface area contributed by atoms with E-state index in [0.29, 0.717) is 0 Å². The summed E-state index contributed by atoms with van der Waals surface area (Å²) in [6.45, 7) is 2.39. The summed E-state index contributed by atoms with van der Waals surface area (Å²) in [6.07, 6.45) is 0. The fourth-order valence-corrected chi connectivity index (χ4v) is 2.68. The molecule has 0 bridgehead atoms. The van der Waals surface area contributed by atoms with E-state index in [9.17, 15) is 10.1 Å². The minimum absolute atomic E-state index is 0.0143. The highest BCUT2D eigenvalue weighted by Crippen LogP contribution is 2.33. The van der Waals surface area contributed by atoms with Crippen LogP contribution in [-0.2, 0) is 6.54 Å². The summed E-state index contributed by atoms with van der Waals surface area (Å²) in [4.78, 5) is 12.7. The zero-order valence-electron chi connectivity index (χ0n) is 12.3. The molecule has 1 aliphatic rings. The van der Waals surface area contributed by atoms with Crippen molar-refractivity contribution in [1.82, 2.24) is 0 Å². The summed E-state index contributed by atoms with van der Waals surface area (Å²) < 4.78 is 5.15. The summed E-state index contributed by atoms with van der Waals surface area (Å²) in [6, 6.07) is 13.2. The van der Waals surface area contributed by atoms with Gasteiger partial charge in [0.15, 0.2) is 5.75 Å². The number of nitrogens with zero attached hydrogens (tertiary/aromatic N) is 2. The predicted octanol–water partition coefficient (Wildman–Crippen LogP) is 3.04. The van der Waals surface area contributed by atoms with Crippen LogP contribution in [0.4, 0.5) is 17.1 Å². The van der Waals surface area contributed by atoms with Gasteiger partial charge < -0.3 is 15.0 Å². The van der Waals surface area contributed by atoms with Crippen LogP contribution in [-0.4, -0.2) is 25.1 Å². The number of hydrogen-bond acceptors (Lipinski definition) is 5. The van der Waals surface area contributed by atoms with Crippen molar-refractivity contribution in [1.29, 1.82) is 0 Å². The van der Waals surface area contributed by atoms with Gasteiger partial charge in [-0.2, -0.15) is 0 Å². The molecule has 0 aliphatic carbocycles. The second-order valence-corrected chi connectivity index (χ2v) is 5.12. The summed E-state index contributed by atoms with van der Waals surface area (Å²) in [5.74, 6) is 0.285. The van der Waals surface area contributed by atoms with Crippen LogP contribution in [0.2, 0.25) is 0 Å². The maximum atomic E-state index is 11.0. The first kappa shape index (κ1) is 14.2. The Morgan fingerprint density at radius 3 is 2.86 bits per heavy atom. The van der Waals surface area contributed by atoms with E-state index in [4.69, 9.17) is 4.74 Å². The van der Waals surface area contributed by atoms with Gasteiger partial charge in [-0.3, -0.25) is 10.1 Å². The first-order valence-electron chi connectivity index (χ1n) is 7.08. The Morgan fingerprint density at radius 2 is 2.09 bits per heavy atom. The lowest BCUT2D eigenvalue weighted by molar-refractivity contribution is -0.385. The van der Waals surface area contributed by atoms with Gasteiger partial charge in [0.05, 0.1) is 12.0 Å². The molecule has 2 aromatic rings. The summed E-state index contributed by atoms with van der Waals surface area (Å²) in [7, 11) is 1.45. The van der Waals surface area contributed by atoms with E-state index in [2.05, 4.69) is 22.3 Å². The van der Waals surface area contributed by atoms with Crippen LogP contribution in [0.25, 0.3) is 0 Å². The zero-order valence-corrected chi connectivity index (χ0v) is 12.3. The Balaban J connectivity index is 1.92. The maximum absolute atomic E-state index is 11.0. The van der Waals surface area contributed by atoms with E-state index in [0.717, 1.165) is 31.0 Å². The predicted molar refractivity (Wildman–Crippen MR) is 85.6 cm³/mol. The fourth-order valence-electron chi connectivity index (χ4n) is 2.68. The van der Waals surface area contributed by atoms with E-state index in [1.54, 1.807) is 12.1 Å². The SMILES string of the molecule is COc1cc(N2CCNc3ccccc3C2)ccc1[N+](=O)[O-]. The number of para-hydroxylation sites is 1. The molecule has 1 heterocycles. The highest BCUT2D eigenvalue weighted by molar-refractivity contribution is 5.62. The van der Waals surface area contributed by atoms with Gasteiger partial charge in [-0.25, -0.2) is 0 Å². The van der Waals surface area contributed by atoms with Crippen LogP contribution in [0, 0.1) is 10.1 Å². The molecule has 0 fully saturated rings. The van der Waals surface area contributed by atoms with E-state index in [1.807, 2.05) is 12.1 Å². The molecule has 0 spiro atoms. The molecule has 6 heteroatoms. The Hall–Kier alpha value is -2.76. The van der Waals surface area contributed by atoms with Crippen molar-refractivity contribution in [3.63, 3.8) is 0 Å². The Labute approximate surface area is 128 Å². The number of ether oxygens (including phenoxy) is 1. The quantitative estimate of drug-likeness (QED) is 0.697. The lowest BCUT2D eigenvalue weighted by Gasteiger charge is -2.23. The molecule has 3 rings (SSSR count). The van der Waals surface area contributed by atoms with Crippen molar-refractivity contribution < 1.29 is 9.66 Å². The van der Waals surface area contributed by atoms with Gasteiger partial charge in [0.1, 0.15) is 0 Å². The first-order chi connectivity index (χ1) is 10.7. The molecule has 0 saturated heterocycles. The Morgan fingerprint density at radius 1 is 1.27 bits per heavy atom. The average molecular weight is 299 g/mol. The van der Waals surface area contributed by atoms with Crippen LogP contribution >= 0.6 is 0 Å². The molecule has 0 amide bonds. The summed E-state index contributed by atoms with van der Waals surface area (Å²) in [5, 5.41) is 14.4. The lowest BCUT2D eigenvalue weighted by Crippen LogP contribution is -2.25. The number of nitro groups is 1. The number of methoxy groups -OCH3 is 1. The number of benzene rings is 2. The number of anilines is 2. The average Bonchev–Trinajstić information content (AvgIpc) is 2.76. The molecule has 0 saturated carbocycles. The van der Waals surface area contributed by atoms with E-state index in [-0.39, 0.29) is 11.4 Å². The fraction of sp³-hybridized carbons (Fsp3) is 0.250. The second-order valence-electron chi connectivity index (χ2n) is 5.12. The van der Waals surface area contributed by atoms with Crippen LogP contribution in [0.5, 0.6) is 5.75 Å². The third-order valence-corrected chi connectivity index (χ3v) is 3.80. The summed E-state index contributed by atoms with van der Waals surface area (Å²) >= 11 is 0. The molecule has 2 aromatic carbocycles. The van der Waals surface area contributed by atoms with E-state index < -0.39 is 4.92 Å². The zero-order chi connectivity index (χ0) is 15.5. The van der Waals surface area contributed by atoms with Gasteiger partial charge >= 0.3 is 5.69 Å². The van der Waals surface area contributed by atoms with Crippen molar-refractivity contribution in [3.8, 4) is 5.75 Å². The van der Waals surface area contributed by atoms with E-state index in [1.165, 1.54) is 18.7 Å². The highest BCUT2D eigenvalue weighted by Gasteiger charge is 2.19. The third kappa shape index (κ3) is 2.67. The Kier molecular flexibility index (Phi) is 3.82. The number of hydrogen-bond donors (Lipinski definition) is 1. The number of nitrogens with one attached hydrogen (secondary N) is 1. The van der Waals surface area contributed by atoms with Gasteiger partial charge in [-0.1, -0.05) is 18.2 Å². The maximum Gasteiger partial charge on any atom is 0.311 e. The molecule has 0 unspecified atom stereocenters. The van der Waals surface area contributed by atoms with Crippen LogP contribution < -0.4 is 15.0 Å². The molecule has 22 heavy (non-hydrogen) atoms. The minimum atomic E-state index is -0.429. The molecule has 0 atom stereocenters. The Bertz CT molecular complexity index is 703. The van der Waals surface area contributed by atoms with Gasteiger partial charge in [-0.15, -0.1) is 0 Å². The highest BCUT2D eigenvalue weighted by atomic mass is 16.6. The molecule has 0 aromatic heterocycles. The van der Waals surface area contributed by atoms with Crippen LogP contribution in [0.1, 0.15) is 5.56 Å². The van der Waals surface area contributed by atoms with Crippen LogP contribution in [0.15, 0.2) is 42.5 Å². The van der Waals surface area contributed by atoms with Crippen molar-refractivity contribution in [2.75, 3.05) is 30.4 Å². The van der Waals surface area contributed by atoms with Crippen molar-refractivity contribution >= 4 is 17.1 Å². The number of nitro benzene ring substituents is 1.